The van der Waals surface area contributed by atoms with E-state index in [9.17, 15) is 9.90 Å². The van der Waals surface area contributed by atoms with Crippen molar-refractivity contribution < 1.29 is 9.90 Å². The molecule has 1 aliphatic rings. The number of aliphatic hydroxyl groups is 1. The molecule has 1 fully saturated rings. The number of nitrogens with one attached hydrogen (secondary N) is 2. The minimum atomic E-state index is -0.138. The fourth-order valence-electron chi connectivity index (χ4n) is 3.08. The molecule has 0 unspecified atom stereocenters. The number of aromatic amines is 1. The second-order valence-corrected chi connectivity index (χ2v) is 6.42. The fourth-order valence-corrected chi connectivity index (χ4v) is 3.31. The summed E-state index contributed by atoms with van der Waals surface area (Å²) in [7, 11) is 0. The van der Waals surface area contributed by atoms with E-state index in [1.807, 2.05) is 18.2 Å². The third kappa shape index (κ3) is 3.57. The second kappa shape index (κ2) is 7.15. The van der Waals surface area contributed by atoms with Crippen molar-refractivity contribution in [1.82, 2.24) is 15.5 Å². The van der Waals surface area contributed by atoms with Crippen molar-refractivity contribution >= 4 is 17.5 Å². The van der Waals surface area contributed by atoms with Crippen LogP contribution in [0, 0.1) is 5.92 Å². The molecule has 3 N–H and O–H groups in total. The third-order valence-electron chi connectivity index (χ3n) is 4.47. The number of hydrogen-bond acceptors (Lipinski definition) is 3. The molecule has 5 nitrogen and oxygen atoms in total. The molecule has 122 valence electrons. The fraction of sp³-hybridized carbons (Fsp3) is 0.412. The maximum Gasteiger partial charge on any atom is 0.255 e. The van der Waals surface area contributed by atoms with Crippen LogP contribution in [0.1, 0.15) is 36.0 Å². The Labute approximate surface area is 140 Å². The van der Waals surface area contributed by atoms with Crippen molar-refractivity contribution in [2.24, 2.45) is 5.92 Å². The number of rotatable bonds is 4. The molecule has 0 bridgehead atoms. The predicted molar refractivity (Wildman–Crippen MR) is 89.3 cm³/mol. The van der Waals surface area contributed by atoms with Crippen molar-refractivity contribution in [3.8, 4) is 11.3 Å². The number of benzene rings is 1. The number of H-pyrrole nitrogens is 1. The van der Waals surface area contributed by atoms with Crippen molar-refractivity contribution in [3.63, 3.8) is 0 Å². The Hall–Kier alpha value is -1.85. The molecule has 1 aromatic carbocycles. The van der Waals surface area contributed by atoms with E-state index in [0.717, 1.165) is 31.2 Å². The molecule has 1 saturated carbocycles. The van der Waals surface area contributed by atoms with Gasteiger partial charge in [0.2, 0.25) is 0 Å². The summed E-state index contributed by atoms with van der Waals surface area (Å²) in [5, 5.41) is 19.7. The summed E-state index contributed by atoms with van der Waals surface area (Å²) in [6.45, 7) is 0.235. The van der Waals surface area contributed by atoms with E-state index in [0.29, 0.717) is 22.2 Å². The molecule has 0 radical (unpaired) electrons. The number of carbonyl (C=O) groups excluding carboxylic acids is 1. The van der Waals surface area contributed by atoms with Crippen LogP contribution in [-0.2, 0) is 0 Å². The summed E-state index contributed by atoms with van der Waals surface area (Å²) in [6.07, 6.45) is 5.23. The molecule has 1 aliphatic carbocycles. The van der Waals surface area contributed by atoms with Crippen molar-refractivity contribution in [2.45, 2.75) is 31.7 Å². The second-order valence-electron chi connectivity index (χ2n) is 6.01. The van der Waals surface area contributed by atoms with Crippen LogP contribution in [0.5, 0.6) is 0 Å². The highest BCUT2D eigenvalue weighted by Gasteiger charge is 2.24. The smallest absolute Gasteiger partial charge is 0.255 e. The lowest BCUT2D eigenvalue weighted by Gasteiger charge is -2.27. The Morgan fingerprint density at radius 3 is 2.74 bits per heavy atom. The topological polar surface area (TPSA) is 78.0 Å². The first-order valence-electron chi connectivity index (χ1n) is 7.89. The van der Waals surface area contributed by atoms with E-state index in [4.69, 9.17) is 11.6 Å². The standard InChI is InChI=1S/C17H20ClN3O2/c18-15-4-2-1-3-13(15)16-14(9-19-21-16)17(23)20-12-7-5-11(10-22)6-8-12/h1-4,9,11-12,22H,5-8,10H2,(H,19,21)(H,20,23). The number of aromatic nitrogens is 2. The Balaban J connectivity index is 1.72. The molecule has 2 aromatic rings. The minimum absolute atomic E-state index is 0.138. The first-order valence-corrected chi connectivity index (χ1v) is 8.27. The molecule has 0 aliphatic heterocycles. The number of amides is 1. The van der Waals surface area contributed by atoms with Crippen LogP contribution < -0.4 is 5.32 Å². The zero-order chi connectivity index (χ0) is 16.2. The first kappa shape index (κ1) is 16.0. The molecule has 0 saturated heterocycles. The van der Waals surface area contributed by atoms with Gasteiger partial charge in [-0.2, -0.15) is 5.10 Å². The van der Waals surface area contributed by atoms with E-state index >= 15 is 0 Å². The van der Waals surface area contributed by atoms with Gasteiger partial charge in [0, 0.05) is 23.2 Å². The molecule has 0 spiro atoms. The number of aliphatic hydroxyl groups excluding tert-OH is 1. The van der Waals surface area contributed by atoms with Gasteiger partial charge in [0.15, 0.2) is 0 Å². The zero-order valence-electron chi connectivity index (χ0n) is 12.8. The molecule has 1 amide bonds. The lowest BCUT2D eigenvalue weighted by atomic mass is 9.86. The van der Waals surface area contributed by atoms with Crippen molar-refractivity contribution in [2.75, 3.05) is 6.61 Å². The van der Waals surface area contributed by atoms with Gasteiger partial charge in [-0.15, -0.1) is 0 Å². The molecule has 1 heterocycles. The first-order chi connectivity index (χ1) is 11.2. The SMILES string of the molecule is O=C(NC1CCC(CO)CC1)c1cn[nH]c1-c1ccccc1Cl. The highest BCUT2D eigenvalue weighted by atomic mass is 35.5. The summed E-state index contributed by atoms with van der Waals surface area (Å²) in [4.78, 5) is 12.6. The largest absolute Gasteiger partial charge is 0.396 e. The van der Waals surface area contributed by atoms with Crippen LogP contribution in [-0.4, -0.2) is 33.9 Å². The molecule has 0 atom stereocenters. The van der Waals surface area contributed by atoms with Crippen LogP contribution in [0.25, 0.3) is 11.3 Å². The quantitative estimate of drug-likeness (QED) is 0.804. The maximum absolute atomic E-state index is 12.6. The van der Waals surface area contributed by atoms with Gasteiger partial charge in [-0.05, 0) is 37.7 Å². The van der Waals surface area contributed by atoms with E-state index in [2.05, 4.69) is 15.5 Å². The average Bonchev–Trinajstić information content (AvgIpc) is 3.05. The van der Waals surface area contributed by atoms with Gasteiger partial charge in [0.05, 0.1) is 17.5 Å². The number of hydrogen-bond donors (Lipinski definition) is 3. The molecular weight excluding hydrogens is 314 g/mol. The molecule has 3 rings (SSSR count). The van der Waals surface area contributed by atoms with E-state index in [1.54, 1.807) is 6.07 Å². The average molecular weight is 334 g/mol. The summed E-state index contributed by atoms with van der Waals surface area (Å²) >= 11 is 6.21. The van der Waals surface area contributed by atoms with E-state index < -0.39 is 0 Å². The zero-order valence-corrected chi connectivity index (χ0v) is 13.5. The van der Waals surface area contributed by atoms with Gasteiger partial charge in [0.25, 0.3) is 5.91 Å². The molecule has 6 heteroatoms. The summed E-state index contributed by atoms with van der Waals surface area (Å²) in [5.74, 6) is 0.233. The van der Waals surface area contributed by atoms with Crippen LogP contribution in [0.2, 0.25) is 5.02 Å². The highest BCUT2D eigenvalue weighted by molar-refractivity contribution is 6.33. The predicted octanol–water partition coefficient (Wildman–Crippen LogP) is 3.01. The lowest BCUT2D eigenvalue weighted by Crippen LogP contribution is -2.38. The van der Waals surface area contributed by atoms with Gasteiger partial charge < -0.3 is 10.4 Å². The summed E-state index contributed by atoms with van der Waals surface area (Å²) in [6, 6.07) is 7.52. The van der Waals surface area contributed by atoms with Gasteiger partial charge in [-0.25, -0.2) is 0 Å². The van der Waals surface area contributed by atoms with Crippen LogP contribution in [0.3, 0.4) is 0 Å². The Bertz CT molecular complexity index is 678. The third-order valence-corrected chi connectivity index (χ3v) is 4.80. The van der Waals surface area contributed by atoms with E-state index in [1.165, 1.54) is 6.20 Å². The van der Waals surface area contributed by atoms with Crippen molar-refractivity contribution in [1.29, 1.82) is 0 Å². The maximum atomic E-state index is 12.6. The summed E-state index contributed by atoms with van der Waals surface area (Å²) < 4.78 is 0. The van der Waals surface area contributed by atoms with E-state index in [-0.39, 0.29) is 18.6 Å². The minimum Gasteiger partial charge on any atom is -0.396 e. The Kier molecular flexibility index (Phi) is 4.98. The van der Waals surface area contributed by atoms with Gasteiger partial charge in [0.1, 0.15) is 0 Å². The van der Waals surface area contributed by atoms with Gasteiger partial charge >= 0.3 is 0 Å². The van der Waals surface area contributed by atoms with Crippen LogP contribution >= 0.6 is 11.6 Å². The number of carbonyl (C=O) groups is 1. The highest BCUT2D eigenvalue weighted by Crippen LogP contribution is 2.29. The van der Waals surface area contributed by atoms with Crippen LogP contribution in [0.15, 0.2) is 30.5 Å². The molecular formula is C17H20ClN3O2. The number of nitrogens with zero attached hydrogens (tertiary/aromatic N) is 1. The molecule has 23 heavy (non-hydrogen) atoms. The normalized spacial score (nSPS) is 21.1. The van der Waals surface area contributed by atoms with Crippen molar-refractivity contribution in [3.05, 3.63) is 41.0 Å². The number of halogens is 1. The lowest BCUT2D eigenvalue weighted by molar-refractivity contribution is 0.0914. The van der Waals surface area contributed by atoms with Gasteiger partial charge in [-0.1, -0.05) is 29.8 Å². The summed E-state index contributed by atoms with van der Waals surface area (Å²) in [5.41, 5.74) is 1.90. The monoisotopic (exact) mass is 333 g/mol. The Morgan fingerprint density at radius 1 is 1.30 bits per heavy atom. The molecule has 1 aromatic heterocycles. The van der Waals surface area contributed by atoms with Crippen LogP contribution in [0.4, 0.5) is 0 Å². The Morgan fingerprint density at radius 2 is 2.04 bits per heavy atom. The van der Waals surface area contributed by atoms with Gasteiger partial charge in [-0.3, -0.25) is 9.89 Å².